The van der Waals surface area contributed by atoms with Crippen LogP contribution in [0.5, 0.6) is 11.5 Å². The molecule has 106 valence electrons. The lowest BCUT2D eigenvalue weighted by molar-refractivity contribution is 0.354. The number of nitrogens with zero attached hydrogens (tertiary/aromatic N) is 1. The van der Waals surface area contributed by atoms with Gasteiger partial charge in [-0.15, -0.1) is 0 Å². The van der Waals surface area contributed by atoms with Crippen molar-refractivity contribution in [3.05, 3.63) is 52.3 Å². The lowest BCUT2D eigenvalue weighted by atomic mass is 10.0. The Hall–Kier alpha value is -1.74. The molecule has 4 heteroatoms. The molecule has 2 rings (SSSR count). The average molecular weight is 292 g/mol. The molecule has 0 saturated carbocycles. The van der Waals surface area contributed by atoms with Crippen LogP contribution in [-0.4, -0.2) is 19.2 Å². The molecule has 0 N–H and O–H groups in total. The summed E-state index contributed by atoms with van der Waals surface area (Å²) in [6, 6.07) is 5.98. The minimum atomic E-state index is 0.727. The van der Waals surface area contributed by atoms with Crippen LogP contribution in [0.15, 0.2) is 30.6 Å². The van der Waals surface area contributed by atoms with E-state index in [2.05, 4.69) is 4.98 Å². The number of halogens is 1. The van der Waals surface area contributed by atoms with E-state index in [0.29, 0.717) is 0 Å². The van der Waals surface area contributed by atoms with E-state index < -0.39 is 0 Å². The summed E-state index contributed by atoms with van der Waals surface area (Å²) in [5.74, 6) is 1.50. The molecule has 0 radical (unpaired) electrons. The number of ether oxygens (including phenoxy) is 2. The molecular formula is C16H18ClNO2. The topological polar surface area (TPSA) is 31.4 Å². The quantitative estimate of drug-likeness (QED) is 0.838. The predicted molar refractivity (Wildman–Crippen MR) is 80.9 cm³/mol. The largest absolute Gasteiger partial charge is 0.493 e. The zero-order valence-electron chi connectivity index (χ0n) is 11.9. The maximum absolute atomic E-state index is 6.19. The fourth-order valence-corrected chi connectivity index (χ4v) is 2.48. The van der Waals surface area contributed by atoms with E-state index in [4.69, 9.17) is 21.1 Å². The first kappa shape index (κ1) is 14.7. The number of hydrogen-bond acceptors (Lipinski definition) is 3. The Labute approximate surface area is 124 Å². The summed E-state index contributed by atoms with van der Waals surface area (Å²) in [7, 11) is 3.28. The van der Waals surface area contributed by atoms with E-state index in [1.807, 2.05) is 31.3 Å². The molecule has 0 fully saturated rings. The van der Waals surface area contributed by atoms with E-state index in [9.17, 15) is 0 Å². The maximum Gasteiger partial charge on any atom is 0.160 e. The highest BCUT2D eigenvalue weighted by Crippen LogP contribution is 2.28. The summed E-state index contributed by atoms with van der Waals surface area (Å²) in [5.41, 5.74) is 3.46. The van der Waals surface area contributed by atoms with Gasteiger partial charge in [0.25, 0.3) is 0 Å². The first-order valence-corrected chi connectivity index (χ1v) is 6.83. The van der Waals surface area contributed by atoms with Gasteiger partial charge in [0.05, 0.1) is 19.2 Å². The van der Waals surface area contributed by atoms with Crippen molar-refractivity contribution in [1.82, 2.24) is 4.98 Å². The molecule has 1 aromatic heterocycles. The van der Waals surface area contributed by atoms with Gasteiger partial charge in [0, 0.05) is 12.4 Å². The van der Waals surface area contributed by atoms with Crippen molar-refractivity contribution in [3.8, 4) is 11.5 Å². The van der Waals surface area contributed by atoms with Gasteiger partial charge in [-0.25, -0.2) is 0 Å². The highest BCUT2D eigenvalue weighted by atomic mass is 35.5. The molecule has 0 atom stereocenters. The second-order valence-corrected chi connectivity index (χ2v) is 5.01. The minimum absolute atomic E-state index is 0.727. The Morgan fingerprint density at radius 2 is 1.80 bits per heavy atom. The van der Waals surface area contributed by atoms with Crippen molar-refractivity contribution >= 4 is 11.6 Å². The van der Waals surface area contributed by atoms with E-state index >= 15 is 0 Å². The van der Waals surface area contributed by atoms with Crippen LogP contribution >= 0.6 is 11.6 Å². The van der Waals surface area contributed by atoms with Crippen LogP contribution in [0.4, 0.5) is 0 Å². The third kappa shape index (κ3) is 3.23. The summed E-state index contributed by atoms with van der Waals surface area (Å²) in [4.78, 5) is 4.08. The van der Waals surface area contributed by atoms with Crippen LogP contribution in [0.1, 0.15) is 16.7 Å². The van der Waals surface area contributed by atoms with Crippen LogP contribution in [0, 0.1) is 6.92 Å². The fraction of sp³-hybridized carbons (Fsp3) is 0.312. The number of methoxy groups -OCH3 is 2. The maximum atomic E-state index is 6.19. The van der Waals surface area contributed by atoms with Crippen molar-refractivity contribution in [3.63, 3.8) is 0 Å². The lowest BCUT2D eigenvalue weighted by Gasteiger charge is -2.11. The van der Waals surface area contributed by atoms with Gasteiger partial charge in [0.2, 0.25) is 0 Å². The number of pyridine rings is 1. The van der Waals surface area contributed by atoms with E-state index in [-0.39, 0.29) is 0 Å². The second-order valence-electron chi connectivity index (χ2n) is 4.61. The summed E-state index contributed by atoms with van der Waals surface area (Å²) < 4.78 is 10.6. The summed E-state index contributed by atoms with van der Waals surface area (Å²) >= 11 is 6.19. The van der Waals surface area contributed by atoms with Crippen molar-refractivity contribution in [2.45, 2.75) is 19.8 Å². The Morgan fingerprint density at radius 3 is 2.45 bits per heavy atom. The first-order chi connectivity index (χ1) is 9.65. The monoisotopic (exact) mass is 291 g/mol. The molecule has 0 unspecified atom stereocenters. The van der Waals surface area contributed by atoms with E-state index in [1.54, 1.807) is 20.4 Å². The van der Waals surface area contributed by atoms with Gasteiger partial charge in [-0.2, -0.15) is 0 Å². The minimum Gasteiger partial charge on any atom is -0.493 e. The number of benzene rings is 1. The van der Waals surface area contributed by atoms with Gasteiger partial charge in [0.15, 0.2) is 11.5 Å². The molecule has 0 bridgehead atoms. The van der Waals surface area contributed by atoms with Gasteiger partial charge >= 0.3 is 0 Å². The van der Waals surface area contributed by atoms with Gasteiger partial charge < -0.3 is 9.47 Å². The van der Waals surface area contributed by atoms with Crippen LogP contribution in [0.25, 0.3) is 0 Å². The number of hydrogen-bond donors (Lipinski definition) is 0. The second kappa shape index (κ2) is 6.62. The molecule has 1 heterocycles. The molecule has 2 aromatic rings. The van der Waals surface area contributed by atoms with Gasteiger partial charge in [-0.05, 0) is 48.6 Å². The molecule has 0 aliphatic carbocycles. The lowest BCUT2D eigenvalue weighted by Crippen LogP contribution is -1.98. The third-order valence-corrected chi connectivity index (χ3v) is 3.66. The average Bonchev–Trinajstić information content (AvgIpc) is 2.46. The Balaban J connectivity index is 2.15. The summed E-state index contributed by atoms with van der Waals surface area (Å²) in [6.45, 7) is 2.03. The molecule has 3 nitrogen and oxygen atoms in total. The highest BCUT2D eigenvalue weighted by Gasteiger charge is 2.07. The zero-order valence-corrected chi connectivity index (χ0v) is 12.7. The number of aryl methyl sites for hydroxylation is 2. The van der Waals surface area contributed by atoms with Crippen LogP contribution in [0.3, 0.4) is 0 Å². The normalized spacial score (nSPS) is 10.4. The third-order valence-electron chi connectivity index (χ3n) is 3.33. The molecular weight excluding hydrogens is 274 g/mol. The van der Waals surface area contributed by atoms with E-state index in [1.165, 1.54) is 5.56 Å². The van der Waals surface area contributed by atoms with Crippen LogP contribution in [-0.2, 0) is 12.8 Å². The zero-order chi connectivity index (χ0) is 14.5. The van der Waals surface area contributed by atoms with Gasteiger partial charge in [-0.3, -0.25) is 4.98 Å². The Bertz CT molecular complexity index is 579. The standard InChI is InChI=1S/C16H18ClNO2/c1-11-9-18-10-14(17)13(11)6-4-12-5-7-15(19-2)16(8-12)20-3/h5,7-10H,4,6H2,1-3H3. The van der Waals surface area contributed by atoms with Crippen molar-refractivity contribution in [2.24, 2.45) is 0 Å². The molecule has 0 saturated heterocycles. The fourth-order valence-electron chi connectivity index (χ4n) is 2.18. The number of rotatable bonds is 5. The summed E-state index contributed by atoms with van der Waals surface area (Å²) in [5, 5.41) is 0.727. The van der Waals surface area contributed by atoms with Crippen molar-refractivity contribution < 1.29 is 9.47 Å². The molecule has 0 aliphatic heterocycles. The van der Waals surface area contributed by atoms with Crippen LogP contribution in [0.2, 0.25) is 5.02 Å². The predicted octanol–water partition coefficient (Wildman–Crippen LogP) is 3.85. The molecule has 20 heavy (non-hydrogen) atoms. The van der Waals surface area contributed by atoms with Gasteiger partial charge in [-0.1, -0.05) is 17.7 Å². The van der Waals surface area contributed by atoms with Crippen LogP contribution < -0.4 is 9.47 Å². The first-order valence-electron chi connectivity index (χ1n) is 6.45. The molecule has 0 amide bonds. The highest BCUT2D eigenvalue weighted by molar-refractivity contribution is 6.31. The molecule has 0 spiro atoms. The Morgan fingerprint density at radius 1 is 1.05 bits per heavy atom. The number of aromatic nitrogens is 1. The summed E-state index contributed by atoms with van der Waals surface area (Å²) in [6.07, 6.45) is 5.31. The molecule has 0 aliphatic rings. The van der Waals surface area contributed by atoms with Gasteiger partial charge in [0.1, 0.15) is 0 Å². The molecule has 1 aromatic carbocycles. The van der Waals surface area contributed by atoms with Crippen molar-refractivity contribution in [1.29, 1.82) is 0 Å². The Kier molecular flexibility index (Phi) is 4.85. The smallest absolute Gasteiger partial charge is 0.160 e. The van der Waals surface area contributed by atoms with E-state index in [0.717, 1.165) is 40.5 Å². The van der Waals surface area contributed by atoms with Crippen molar-refractivity contribution in [2.75, 3.05) is 14.2 Å². The SMILES string of the molecule is COc1ccc(CCc2c(C)cncc2Cl)cc1OC.